The van der Waals surface area contributed by atoms with E-state index in [1.54, 1.807) is 0 Å². The highest BCUT2D eigenvalue weighted by Crippen LogP contribution is 2.75. The van der Waals surface area contributed by atoms with Crippen LogP contribution in [0.15, 0.2) is 11.6 Å². The molecule has 5 saturated heterocycles. The smallest absolute Gasteiger partial charge is 0.187 e. The zero-order valence-corrected chi connectivity index (χ0v) is 52.1. The Kier molecular flexibility index (Phi) is 23.4. The number of aliphatic hydroxyl groups excluding tert-OH is 17. The second-order valence-electron chi connectivity index (χ2n) is 29.3. The standard InChI is InChI=1S/C61H104O27.CH4/c1-25(10-14-35(57(2,3)4)85-56-51(88-55-48(77)43(72)39(68)31(22-64)82-55)44(73)40(69)33(84-56)24-79-52-46(75)41(70)37(66)29(20-62)80-52)26-16-17-61(9)34-13-11-27-28(59(34,7)18-19-60(26,61)8)12-15-36(58(27,5)6)86-53-49(78)45(74)50(32(23-65)83-53)87-54-47(76)42(71)38(67)30(21-63)81-54;/h11,25-26,28-56,62-78H,10,12-24H2,1-9H3;1H4. The van der Waals surface area contributed by atoms with Crippen LogP contribution in [0.5, 0.6) is 0 Å². The molecule has 34 unspecified atom stereocenters. The van der Waals surface area contributed by atoms with E-state index in [1.165, 1.54) is 5.57 Å². The first kappa shape index (κ1) is 73.5. The van der Waals surface area contributed by atoms with Crippen molar-refractivity contribution < 1.29 is 134 Å². The van der Waals surface area contributed by atoms with Gasteiger partial charge in [0.05, 0.1) is 45.2 Å². The molecule has 89 heavy (non-hydrogen) atoms. The van der Waals surface area contributed by atoms with Gasteiger partial charge in [0.1, 0.15) is 122 Å². The molecule has 4 aliphatic carbocycles. The van der Waals surface area contributed by atoms with Crippen molar-refractivity contribution in [1.82, 2.24) is 0 Å². The summed E-state index contributed by atoms with van der Waals surface area (Å²) in [5.74, 6) is 1.09. The summed E-state index contributed by atoms with van der Waals surface area (Å²) < 4.78 is 60.3. The van der Waals surface area contributed by atoms with Gasteiger partial charge in [0.25, 0.3) is 0 Å². The van der Waals surface area contributed by atoms with Gasteiger partial charge in [-0.1, -0.05) is 81.4 Å². The summed E-state index contributed by atoms with van der Waals surface area (Å²) in [6.45, 7) is 16.5. The van der Waals surface area contributed by atoms with Crippen molar-refractivity contribution in [1.29, 1.82) is 0 Å². The molecule has 0 bridgehead atoms. The number of rotatable bonds is 19. The quantitative estimate of drug-likeness (QED) is 0.0596. The van der Waals surface area contributed by atoms with E-state index in [4.69, 9.17) is 47.4 Å². The topological polar surface area (TPSA) is 436 Å². The number of ether oxygens (including phenoxy) is 10. The van der Waals surface area contributed by atoms with Gasteiger partial charge >= 0.3 is 0 Å². The molecule has 27 nitrogen and oxygen atoms in total. The highest BCUT2D eigenvalue weighted by atomic mass is 16.8. The molecule has 518 valence electrons. The zero-order chi connectivity index (χ0) is 64.7. The van der Waals surface area contributed by atoms with Gasteiger partial charge in [-0.15, -0.1) is 0 Å². The average molecular weight is 1290 g/mol. The van der Waals surface area contributed by atoms with Crippen LogP contribution in [-0.2, 0) is 47.4 Å². The number of hydrogen-bond donors (Lipinski definition) is 17. The second-order valence-corrected chi connectivity index (χ2v) is 29.3. The van der Waals surface area contributed by atoms with Crippen LogP contribution < -0.4 is 0 Å². The summed E-state index contributed by atoms with van der Waals surface area (Å²) >= 11 is 0. The molecular weight excluding hydrogens is 1180 g/mol. The van der Waals surface area contributed by atoms with Gasteiger partial charge in [-0.2, -0.15) is 0 Å². The SMILES string of the molecule is C.CC(CCC(OC1OC(COC2OC(CO)C(O)C(O)C2O)C(O)C(O)C1OC1OC(CO)C(O)C(O)C1O)C(C)(C)C)C1CCC2(C)C3CC=C4C(CCC(OC5OC(CO)C(OC6OC(CO)C(O)C(O)C6O)C(O)C5O)C4(C)C)C3(C)CCC12C. The van der Waals surface area contributed by atoms with Gasteiger partial charge in [0.2, 0.25) is 0 Å². The van der Waals surface area contributed by atoms with Gasteiger partial charge < -0.3 is 134 Å². The summed E-state index contributed by atoms with van der Waals surface area (Å²) in [4.78, 5) is 0. The minimum absolute atomic E-state index is 0. The lowest BCUT2D eigenvalue weighted by molar-refractivity contribution is -0.379. The summed E-state index contributed by atoms with van der Waals surface area (Å²) in [6.07, 6.45) is -31.7. The van der Waals surface area contributed by atoms with Crippen LogP contribution in [0.4, 0.5) is 0 Å². The lowest BCUT2D eigenvalue weighted by Gasteiger charge is -2.66. The summed E-state index contributed by atoms with van der Waals surface area (Å²) in [5.41, 5.74) is -0.0202. The number of hydrogen-bond acceptors (Lipinski definition) is 27. The van der Waals surface area contributed by atoms with Crippen LogP contribution in [0.2, 0.25) is 0 Å². The highest BCUT2D eigenvalue weighted by Gasteiger charge is 2.68. The van der Waals surface area contributed by atoms with Crippen molar-refractivity contribution >= 4 is 0 Å². The van der Waals surface area contributed by atoms with Crippen molar-refractivity contribution in [3.8, 4) is 0 Å². The van der Waals surface area contributed by atoms with Gasteiger partial charge in [0.15, 0.2) is 31.5 Å². The van der Waals surface area contributed by atoms with Gasteiger partial charge in [0, 0.05) is 5.41 Å². The first-order valence-corrected chi connectivity index (χ1v) is 31.7. The monoisotopic (exact) mass is 1280 g/mol. The van der Waals surface area contributed by atoms with Crippen LogP contribution in [0.25, 0.3) is 0 Å². The van der Waals surface area contributed by atoms with E-state index in [0.29, 0.717) is 31.1 Å². The molecule has 8 fully saturated rings. The van der Waals surface area contributed by atoms with Crippen LogP contribution in [0.3, 0.4) is 0 Å². The normalized spacial score (nSPS) is 50.8. The molecule has 34 atom stereocenters. The lowest BCUT2D eigenvalue weighted by Crippen LogP contribution is -2.65. The van der Waals surface area contributed by atoms with Crippen molar-refractivity contribution in [3.05, 3.63) is 11.6 Å². The van der Waals surface area contributed by atoms with E-state index < -0.39 is 210 Å². The van der Waals surface area contributed by atoms with Crippen LogP contribution in [-0.4, -0.2) is 286 Å². The van der Waals surface area contributed by atoms with Crippen LogP contribution in [0.1, 0.15) is 128 Å². The van der Waals surface area contributed by atoms with Crippen molar-refractivity contribution in [2.75, 3.05) is 33.0 Å². The molecule has 5 heterocycles. The van der Waals surface area contributed by atoms with E-state index in [-0.39, 0.29) is 35.5 Å². The molecule has 0 radical (unpaired) electrons. The fourth-order valence-electron chi connectivity index (χ4n) is 17.2. The third-order valence-electron chi connectivity index (χ3n) is 23.0. The summed E-state index contributed by atoms with van der Waals surface area (Å²) in [6, 6.07) is 0. The molecule has 0 spiro atoms. The van der Waals surface area contributed by atoms with E-state index in [2.05, 4.69) is 47.6 Å². The molecule has 0 aromatic carbocycles. The van der Waals surface area contributed by atoms with E-state index >= 15 is 0 Å². The molecule has 0 amide bonds. The molecule has 0 aromatic heterocycles. The fraction of sp³-hybridized carbons (Fsp3) is 0.968. The first-order chi connectivity index (χ1) is 41.2. The Morgan fingerprint density at radius 1 is 0.494 bits per heavy atom. The molecular formula is C62H108O27. The predicted octanol–water partition coefficient (Wildman–Crippen LogP) is -2.47. The summed E-state index contributed by atoms with van der Waals surface area (Å²) in [5, 5.41) is 181. The molecule has 3 saturated carbocycles. The molecule has 17 N–H and O–H groups in total. The third-order valence-corrected chi connectivity index (χ3v) is 23.0. The maximum atomic E-state index is 11.9. The molecule has 9 rings (SSSR count). The Morgan fingerprint density at radius 3 is 1.49 bits per heavy atom. The largest absolute Gasteiger partial charge is 0.394 e. The van der Waals surface area contributed by atoms with Gasteiger partial charge in [-0.25, -0.2) is 0 Å². The van der Waals surface area contributed by atoms with Gasteiger partial charge in [-0.3, -0.25) is 0 Å². The Morgan fingerprint density at radius 2 is 0.955 bits per heavy atom. The maximum Gasteiger partial charge on any atom is 0.187 e. The van der Waals surface area contributed by atoms with Crippen molar-refractivity contribution in [2.24, 2.45) is 50.7 Å². The maximum absolute atomic E-state index is 11.9. The molecule has 5 aliphatic heterocycles. The van der Waals surface area contributed by atoms with E-state index in [0.717, 1.165) is 38.5 Å². The molecule has 27 heteroatoms. The zero-order valence-electron chi connectivity index (χ0n) is 52.1. The van der Waals surface area contributed by atoms with E-state index in [1.807, 2.05) is 20.8 Å². The lowest BCUT2D eigenvalue weighted by atomic mass is 9.39. The van der Waals surface area contributed by atoms with Gasteiger partial charge in [-0.05, 0) is 103 Å². The number of allylic oxidation sites excluding steroid dienone is 1. The third kappa shape index (κ3) is 13.5. The van der Waals surface area contributed by atoms with E-state index in [9.17, 15) is 86.8 Å². The Balaban J connectivity index is 0.0000102. The average Bonchev–Trinajstić information content (AvgIpc) is 1.66. The van der Waals surface area contributed by atoms with Crippen molar-refractivity contribution in [3.63, 3.8) is 0 Å². The second kappa shape index (κ2) is 28.4. The van der Waals surface area contributed by atoms with Crippen LogP contribution >= 0.6 is 0 Å². The Bertz CT molecular complexity index is 2300. The van der Waals surface area contributed by atoms with Crippen molar-refractivity contribution in [2.45, 2.75) is 293 Å². The highest BCUT2D eigenvalue weighted by molar-refractivity contribution is 5.30. The minimum atomic E-state index is -1.88. The molecule has 9 aliphatic rings. The predicted molar refractivity (Wildman–Crippen MR) is 309 cm³/mol. The minimum Gasteiger partial charge on any atom is -0.394 e. The van der Waals surface area contributed by atoms with Crippen LogP contribution in [0, 0.1) is 50.7 Å². The number of aliphatic hydroxyl groups is 17. The number of fused-ring (bicyclic) bond motifs is 5. The fourth-order valence-corrected chi connectivity index (χ4v) is 17.2. The summed E-state index contributed by atoms with van der Waals surface area (Å²) in [7, 11) is 0. The Labute approximate surface area is 521 Å². The Hall–Kier alpha value is -1.34. The first-order valence-electron chi connectivity index (χ1n) is 31.7. The molecule has 0 aromatic rings.